The Morgan fingerprint density at radius 1 is 1.28 bits per heavy atom. The SMILES string of the molecule is CC(C1CC1)N(C)C(=O)c1cc(F)c(F)c(F)c1. The van der Waals surface area contributed by atoms with Crippen molar-refractivity contribution in [3.63, 3.8) is 0 Å². The summed E-state index contributed by atoms with van der Waals surface area (Å²) in [5.74, 6) is -4.28. The molecule has 0 radical (unpaired) electrons. The van der Waals surface area contributed by atoms with Gasteiger partial charge in [-0.25, -0.2) is 13.2 Å². The number of rotatable bonds is 3. The third-order valence-corrected chi connectivity index (χ3v) is 3.47. The summed E-state index contributed by atoms with van der Waals surface area (Å²) < 4.78 is 38.9. The van der Waals surface area contributed by atoms with Crippen LogP contribution in [0.1, 0.15) is 30.1 Å². The third-order valence-electron chi connectivity index (χ3n) is 3.47. The van der Waals surface area contributed by atoms with E-state index in [2.05, 4.69) is 0 Å². The van der Waals surface area contributed by atoms with E-state index in [9.17, 15) is 18.0 Å². The molecule has 1 aliphatic rings. The second-order valence-electron chi connectivity index (χ2n) is 4.75. The zero-order chi connectivity index (χ0) is 13.4. The van der Waals surface area contributed by atoms with Crippen LogP contribution in [0.3, 0.4) is 0 Å². The molecule has 0 heterocycles. The first-order valence-corrected chi connectivity index (χ1v) is 5.83. The number of benzene rings is 1. The highest BCUT2D eigenvalue weighted by Gasteiger charge is 2.33. The molecule has 98 valence electrons. The van der Waals surface area contributed by atoms with Crippen molar-refractivity contribution in [3.05, 3.63) is 35.1 Å². The standard InChI is InChI=1S/C13H14F3NO/c1-7(8-3-4-8)17(2)13(18)9-5-10(14)12(16)11(15)6-9/h5-8H,3-4H2,1-2H3. The maximum absolute atomic E-state index is 13.1. The average molecular weight is 257 g/mol. The summed E-state index contributed by atoms with van der Waals surface area (Å²) in [6.45, 7) is 1.89. The second-order valence-corrected chi connectivity index (χ2v) is 4.75. The highest BCUT2D eigenvalue weighted by Crippen LogP contribution is 2.35. The molecule has 2 rings (SSSR count). The van der Waals surface area contributed by atoms with Crippen LogP contribution in [0.4, 0.5) is 13.2 Å². The van der Waals surface area contributed by atoms with Crippen molar-refractivity contribution in [1.82, 2.24) is 4.90 Å². The van der Waals surface area contributed by atoms with Crippen LogP contribution in [-0.4, -0.2) is 23.9 Å². The molecule has 1 atom stereocenters. The third kappa shape index (κ3) is 2.35. The fraction of sp³-hybridized carbons (Fsp3) is 0.462. The summed E-state index contributed by atoms with van der Waals surface area (Å²) in [7, 11) is 1.59. The summed E-state index contributed by atoms with van der Waals surface area (Å²) in [5, 5.41) is 0. The number of amides is 1. The molecule has 0 spiro atoms. The summed E-state index contributed by atoms with van der Waals surface area (Å²) in [6.07, 6.45) is 2.12. The van der Waals surface area contributed by atoms with Crippen LogP contribution in [0.2, 0.25) is 0 Å². The van der Waals surface area contributed by atoms with Gasteiger partial charge in [0.25, 0.3) is 5.91 Å². The molecule has 1 amide bonds. The number of hydrogen-bond donors (Lipinski definition) is 0. The van der Waals surface area contributed by atoms with Crippen molar-refractivity contribution < 1.29 is 18.0 Å². The van der Waals surface area contributed by atoms with E-state index in [0.717, 1.165) is 25.0 Å². The molecule has 0 aromatic heterocycles. The fourth-order valence-corrected chi connectivity index (χ4v) is 1.96. The van der Waals surface area contributed by atoms with Crippen LogP contribution < -0.4 is 0 Å². The molecule has 0 N–H and O–H groups in total. The molecule has 1 aromatic carbocycles. The van der Waals surface area contributed by atoms with Gasteiger partial charge in [-0.1, -0.05) is 0 Å². The minimum absolute atomic E-state index is 0.0219. The molecule has 0 saturated heterocycles. The molecule has 1 fully saturated rings. The minimum Gasteiger partial charge on any atom is -0.339 e. The lowest BCUT2D eigenvalue weighted by molar-refractivity contribution is 0.0726. The van der Waals surface area contributed by atoms with Gasteiger partial charge in [-0.05, 0) is 37.8 Å². The highest BCUT2D eigenvalue weighted by atomic mass is 19.2. The van der Waals surface area contributed by atoms with E-state index in [1.54, 1.807) is 7.05 Å². The summed E-state index contributed by atoms with van der Waals surface area (Å²) in [6, 6.07) is 1.49. The van der Waals surface area contributed by atoms with E-state index in [0.29, 0.717) is 5.92 Å². The maximum atomic E-state index is 13.1. The molecular formula is C13H14F3NO. The van der Waals surface area contributed by atoms with Crippen LogP contribution in [0.25, 0.3) is 0 Å². The lowest BCUT2D eigenvalue weighted by Gasteiger charge is -2.25. The molecule has 0 aliphatic heterocycles. The molecule has 1 saturated carbocycles. The minimum atomic E-state index is -1.55. The van der Waals surface area contributed by atoms with Gasteiger partial charge in [-0.3, -0.25) is 4.79 Å². The van der Waals surface area contributed by atoms with Crippen molar-refractivity contribution in [2.45, 2.75) is 25.8 Å². The molecule has 1 aromatic rings. The first-order chi connectivity index (χ1) is 8.41. The normalized spacial score (nSPS) is 16.5. The van der Waals surface area contributed by atoms with Crippen molar-refractivity contribution >= 4 is 5.91 Å². The first kappa shape index (κ1) is 12.9. The summed E-state index contributed by atoms with van der Waals surface area (Å²) >= 11 is 0. The zero-order valence-corrected chi connectivity index (χ0v) is 10.2. The van der Waals surface area contributed by atoms with E-state index in [1.807, 2.05) is 6.92 Å². The van der Waals surface area contributed by atoms with Crippen molar-refractivity contribution in [3.8, 4) is 0 Å². The van der Waals surface area contributed by atoms with E-state index in [1.165, 1.54) is 4.90 Å². The van der Waals surface area contributed by atoms with Gasteiger partial charge in [0.2, 0.25) is 0 Å². The van der Waals surface area contributed by atoms with Gasteiger partial charge in [-0.2, -0.15) is 0 Å². The maximum Gasteiger partial charge on any atom is 0.254 e. The Labute approximate surface area is 103 Å². The van der Waals surface area contributed by atoms with Gasteiger partial charge in [0.05, 0.1) is 0 Å². The van der Waals surface area contributed by atoms with Gasteiger partial charge in [0.1, 0.15) is 0 Å². The molecule has 0 bridgehead atoms. The van der Waals surface area contributed by atoms with Crippen molar-refractivity contribution in [2.75, 3.05) is 7.05 Å². The number of nitrogens with zero attached hydrogens (tertiary/aromatic N) is 1. The Morgan fingerprint density at radius 3 is 2.22 bits per heavy atom. The lowest BCUT2D eigenvalue weighted by atomic mass is 10.1. The van der Waals surface area contributed by atoms with E-state index >= 15 is 0 Å². The molecule has 18 heavy (non-hydrogen) atoms. The predicted octanol–water partition coefficient (Wildman–Crippen LogP) is 2.97. The quantitative estimate of drug-likeness (QED) is 0.762. The van der Waals surface area contributed by atoms with E-state index < -0.39 is 23.4 Å². The Kier molecular flexibility index (Phi) is 3.32. The van der Waals surface area contributed by atoms with Gasteiger partial charge < -0.3 is 4.90 Å². The molecular weight excluding hydrogens is 243 g/mol. The van der Waals surface area contributed by atoms with Gasteiger partial charge >= 0.3 is 0 Å². The zero-order valence-electron chi connectivity index (χ0n) is 10.2. The van der Waals surface area contributed by atoms with Crippen molar-refractivity contribution in [1.29, 1.82) is 0 Å². The van der Waals surface area contributed by atoms with E-state index in [-0.39, 0.29) is 11.6 Å². The smallest absolute Gasteiger partial charge is 0.254 e. The number of halogens is 3. The topological polar surface area (TPSA) is 20.3 Å². The molecule has 2 nitrogen and oxygen atoms in total. The number of carbonyl (C=O) groups excluding carboxylic acids is 1. The Hall–Kier alpha value is -1.52. The average Bonchev–Trinajstić information content (AvgIpc) is 3.16. The van der Waals surface area contributed by atoms with Crippen LogP contribution in [0.5, 0.6) is 0 Å². The second kappa shape index (κ2) is 4.63. The van der Waals surface area contributed by atoms with Gasteiger partial charge in [0.15, 0.2) is 17.5 Å². The number of carbonyl (C=O) groups is 1. The Morgan fingerprint density at radius 2 is 1.78 bits per heavy atom. The molecule has 1 unspecified atom stereocenters. The number of hydrogen-bond acceptors (Lipinski definition) is 1. The molecule has 1 aliphatic carbocycles. The lowest BCUT2D eigenvalue weighted by Crippen LogP contribution is -2.36. The Bertz CT molecular complexity index is 462. The first-order valence-electron chi connectivity index (χ1n) is 5.83. The highest BCUT2D eigenvalue weighted by molar-refractivity contribution is 5.94. The fourth-order valence-electron chi connectivity index (χ4n) is 1.96. The van der Waals surface area contributed by atoms with E-state index in [4.69, 9.17) is 0 Å². The monoisotopic (exact) mass is 257 g/mol. The summed E-state index contributed by atoms with van der Waals surface area (Å²) in [5.41, 5.74) is -0.165. The predicted molar refractivity (Wildman–Crippen MR) is 60.6 cm³/mol. The van der Waals surface area contributed by atoms with Crippen LogP contribution in [0.15, 0.2) is 12.1 Å². The van der Waals surface area contributed by atoms with Crippen molar-refractivity contribution in [2.24, 2.45) is 5.92 Å². The largest absolute Gasteiger partial charge is 0.339 e. The van der Waals surface area contributed by atoms with Crippen LogP contribution >= 0.6 is 0 Å². The Balaban J connectivity index is 2.22. The van der Waals surface area contributed by atoms with Crippen LogP contribution in [0, 0.1) is 23.4 Å². The van der Waals surface area contributed by atoms with Crippen LogP contribution in [-0.2, 0) is 0 Å². The van der Waals surface area contributed by atoms with Gasteiger partial charge in [0, 0.05) is 18.7 Å². The summed E-state index contributed by atoms with van der Waals surface area (Å²) in [4.78, 5) is 13.5. The molecule has 5 heteroatoms. The van der Waals surface area contributed by atoms with Gasteiger partial charge in [-0.15, -0.1) is 0 Å².